The molecule has 3 rings (SSSR count). The molecule has 0 saturated heterocycles. The fourth-order valence-electron chi connectivity index (χ4n) is 2.51. The SMILES string of the molecule is Cc1cc(-n2cc(Nc3nc(C)c(C(F)(F)F)c(N)n3)c(C)n2)ccn1. The van der Waals surface area contributed by atoms with Crippen LogP contribution in [0.3, 0.4) is 0 Å². The minimum absolute atomic E-state index is 0.0263. The molecule has 0 spiro atoms. The Bertz CT molecular complexity index is 940. The van der Waals surface area contributed by atoms with Gasteiger partial charge < -0.3 is 11.1 Å². The van der Waals surface area contributed by atoms with E-state index in [0.29, 0.717) is 11.4 Å². The molecular weight excluding hydrogens is 347 g/mol. The summed E-state index contributed by atoms with van der Waals surface area (Å²) in [4.78, 5) is 11.7. The number of hydrogen-bond donors (Lipinski definition) is 2. The molecule has 0 radical (unpaired) electrons. The molecule has 3 N–H and O–H groups in total. The Labute approximate surface area is 147 Å². The smallest absolute Gasteiger partial charge is 0.383 e. The summed E-state index contributed by atoms with van der Waals surface area (Å²) < 4.78 is 40.5. The summed E-state index contributed by atoms with van der Waals surface area (Å²) >= 11 is 0. The molecule has 3 heterocycles. The number of halogens is 3. The summed E-state index contributed by atoms with van der Waals surface area (Å²) in [6.07, 6.45) is -1.25. The van der Waals surface area contributed by atoms with E-state index in [-0.39, 0.29) is 11.6 Å². The summed E-state index contributed by atoms with van der Waals surface area (Å²) in [5, 5.41) is 7.25. The largest absolute Gasteiger partial charge is 0.421 e. The van der Waals surface area contributed by atoms with Gasteiger partial charge >= 0.3 is 6.18 Å². The topological polar surface area (TPSA) is 94.5 Å². The van der Waals surface area contributed by atoms with Gasteiger partial charge in [-0.3, -0.25) is 4.98 Å². The molecule has 0 saturated carbocycles. The normalized spacial score (nSPS) is 11.6. The van der Waals surface area contributed by atoms with Crippen LogP contribution in [0.15, 0.2) is 24.5 Å². The number of aryl methyl sites for hydroxylation is 3. The van der Waals surface area contributed by atoms with Crippen molar-refractivity contribution in [3.05, 3.63) is 47.2 Å². The van der Waals surface area contributed by atoms with Gasteiger partial charge in [0, 0.05) is 11.9 Å². The number of anilines is 3. The van der Waals surface area contributed by atoms with Crippen LogP contribution < -0.4 is 11.1 Å². The Morgan fingerprint density at radius 2 is 1.85 bits per heavy atom. The number of nitrogens with zero attached hydrogens (tertiary/aromatic N) is 5. The van der Waals surface area contributed by atoms with Crippen LogP contribution in [0.1, 0.15) is 22.6 Å². The highest BCUT2D eigenvalue weighted by molar-refractivity contribution is 5.59. The van der Waals surface area contributed by atoms with Gasteiger partial charge in [0.1, 0.15) is 11.4 Å². The lowest BCUT2D eigenvalue weighted by molar-refractivity contribution is -0.137. The predicted octanol–water partition coefficient (Wildman–Crippen LogP) is 3.33. The third-order valence-electron chi connectivity index (χ3n) is 3.69. The molecule has 26 heavy (non-hydrogen) atoms. The Balaban J connectivity index is 1.93. The molecule has 3 aromatic heterocycles. The third kappa shape index (κ3) is 3.44. The molecule has 0 unspecified atom stereocenters. The first kappa shape index (κ1) is 17.6. The molecule has 0 fully saturated rings. The summed E-state index contributed by atoms with van der Waals surface area (Å²) in [7, 11) is 0. The number of hydrogen-bond acceptors (Lipinski definition) is 6. The predicted molar refractivity (Wildman–Crippen MR) is 90.3 cm³/mol. The van der Waals surface area contributed by atoms with E-state index in [1.807, 2.05) is 13.0 Å². The van der Waals surface area contributed by atoms with E-state index in [1.165, 1.54) is 6.92 Å². The van der Waals surface area contributed by atoms with Gasteiger partial charge in [0.15, 0.2) is 0 Å². The number of rotatable bonds is 3. The van der Waals surface area contributed by atoms with Crippen LogP contribution in [0, 0.1) is 20.8 Å². The first-order valence-corrected chi connectivity index (χ1v) is 7.63. The molecule has 0 aliphatic rings. The van der Waals surface area contributed by atoms with Crippen LogP contribution in [-0.2, 0) is 6.18 Å². The molecule has 10 heteroatoms. The van der Waals surface area contributed by atoms with Crippen LogP contribution in [0.25, 0.3) is 5.69 Å². The summed E-state index contributed by atoms with van der Waals surface area (Å²) in [5.74, 6) is -0.649. The molecule has 0 aromatic carbocycles. The van der Waals surface area contributed by atoms with Crippen LogP contribution in [0.4, 0.5) is 30.6 Å². The molecule has 0 aliphatic carbocycles. The standard InChI is InChI=1S/C16H16F3N7/c1-8-6-11(4-5-21-8)26-7-12(9(2)25-26)23-15-22-10(3)13(14(20)24-15)16(17,18)19/h4-7H,1-3H3,(H3,20,22,23,24). The van der Waals surface area contributed by atoms with E-state index >= 15 is 0 Å². The number of alkyl halides is 3. The van der Waals surface area contributed by atoms with Crippen LogP contribution in [0.2, 0.25) is 0 Å². The van der Waals surface area contributed by atoms with E-state index in [9.17, 15) is 13.2 Å². The average molecular weight is 363 g/mol. The van der Waals surface area contributed by atoms with E-state index in [0.717, 1.165) is 11.4 Å². The van der Waals surface area contributed by atoms with Crippen molar-refractivity contribution in [3.63, 3.8) is 0 Å². The highest BCUT2D eigenvalue weighted by Crippen LogP contribution is 2.35. The van der Waals surface area contributed by atoms with Crippen molar-refractivity contribution in [1.82, 2.24) is 24.7 Å². The molecule has 0 atom stereocenters. The maximum absolute atomic E-state index is 13.0. The van der Waals surface area contributed by atoms with Crippen molar-refractivity contribution in [3.8, 4) is 5.69 Å². The first-order chi connectivity index (χ1) is 12.1. The zero-order chi connectivity index (χ0) is 19.1. The molecule has 3 aromatic rings. The van der Waals surface area contributed by atoms with Gasteiger partial charge in [0.2, 0.25) is 5.95 Å². The summed E-state index contributed by atoms with van der Waals surface area (Å²) in [6.45, 7) is 4.86. The zero-order valence-electron chi connectivity index (χ0n) is 14.3. The molecule has 0 aliphatic heterocycles. The Hall–Kier alpha value is -3.17. The quantitative estimate of drug-likeness (QED) is 0.741. The highest BCUT2D eigenvalue weighted by atomic mass is 19.4. The van der Waals surface area contributed by atoms with E-state index in [2.05, 4.69) is 25.4 Å². The zero-order valence-corrected chi connectivity index (χ0v) is 14.3. The number of nitrogens with one attached hydrogen (secondary N) is 1. The fraction of sp³-hybridized carbons (Fsp3) is 0.250. The highest BCUT2D eigenvalue weighted by Gasteiger charge is 2.36. The maximum Gasteiger partial charge on any atom is 0.421 e. The van der Waals surface area contributed by atoms with Crippen molar-refractivity contribution in [2.24, 2.45) is 0 Å². The Morgan fingerprint density at radius 3 is 2.46 bits per heavy atom. The third-order valence-corrected chi connectivity index (χ3v) is 3.69. The van der Waals surface area contributed by atoms with E-state index in [4.69, 9.17) is 5.73 Å². The minimum Gasteiger partial charge on any atom is -0.383 e. The van der Waals surface area contributed by atoms with Gasteiger partial charge in [-0.15, -0.1) is 0 Å². The van der Waals surface area contributed by atoms with Crippen LogP contribution in [-0.4, -0.2) is 24.7 Å². The van der Waals surface area contributed by atoms with Gasteiger partial charge in [-0.25, -0.2) is 9.67 Å². The van der Waals surface area contributed by atoms with Crippen LogP contribution >= 0.6 is 0 Å². The second-order valence-electron chi connectivity index (χ2n) is 5.74. The van der Waals surface area contributed by atoms with E-state index < -0.39 is 17.6 Å². The second-order valence-corrected chi connectivity index (χ2v) is 5.74. The lowest BCUT2D eigenvalue weighted by atomic mass is 10.2. The van der Waals surface area contributed by atoms with E-state index in [1.54, 1.807) is 30.1 Å². The Kier molecular flexibility index (Phi) is 4.26. The van der Waals surface area contributed by atoms with Gasteiger partial charge in [0.25, 0.3) is 0 Å². The maximum atomic E-state index is 13.0. The van der Waals surface area contributed by atoms with Crippen LogP contribution in [0.5, 0.6) is 0 Å². The van der Waals surface area contributed by atoms with Crippen molar-refractivity contribution >= 4 is 17.5 Å². The lowest BCUT2D eigenvalue weighted by Gasteiger charge is -2.13. The monoisotopic (exact) mass is 363 g/mol. The first-order valence-electron chi connectivity index (χ1n) is 7.63. The van der Waals surface area contributed by atoms with Gasteiger partial charge in [-0.05, 0) is 32.9 Å². The molecular formula is C16H16F3N7. The van der Waals surface area contributed by atoms with Crippen molar-refractivity contribution in [2.75, 3.05) is 11.1 Å². The Morgan fingerprint density at radius 1 is 1.12 bits per heavy atom. The van der Waals surface area contributed by atoms with Crippen molar-refractivity contribution < 1.29 is 13.2 Å². The number of nitrogens with two attached hydrogens (primary N) is 1. The summed E-state index contributed by atoms with van der Waals surface area (Å²) in [6, 6.07) is 3.65. The van der Waals surface area contributed by atoms with Crippen molar-refractivity contribution in [1.29, 1.82) is 0 Å². The number of aromatic nitrogens is 5. The number of pyridine rings is 1. The molecule has 7 nitrogen and oxygen atoms in total. The van der Waals surface area contributed by atoms with Gasteiger partial charge in [-0.1, -0.05) is 0 Å². The molecule has 136 valence electrons. The number of nitrogen functional groups attached to an aromatic ring is 1. The molecule has 0 bridgehead atoms. The average Bonchev–Trinajstić information content (AvgIpc) is 2.86. The molecule has 0 amide bonds. The lowest BCUT2D eigenvalue weighted by Crippen LogP contribution is -2.15. The fourth-order valence-corrected chi connectivity index (χ4v) is 2.51. The summed E-state index contributed by atoms with van der Waals surface area (Å²) in [5.41, 5.74) is 7.02. The van der Waals surface area contributed by atoms with Gasteiger partial charge in [0.05, 0.1) is 29.0 Å². The van der Waals surface area contributed by atoms with Gasteiger partial charge in [-0.2, -0.15) is 23.3 Å². The minimum atomic E-state index is -4.60. The second kappa shape index (κ2) is 6.28. The van der Waals surface area contributed by atoms with Crippen molar-refractivity contribution in [2.45, 2.75) is 26.9 Å².